The monoisotopic (exact) mass is 400 g/mol. The maximum atomic E-state index is 12.9. The zero-order valence-electron chi connectivity index (χ0n) is 16.4. The molecule has 10 heteroatoms. The van der Waals surface area contributed by atoms with Crippen LogP contribution in [0.2, 0.25) is 0 Å². The number of fused-ring (bicyclic) bond motifs is 1. The molecule has 152 valence electrons. The molecule has 10 nitrogen and oxygen atoms in total. The van der Waals surface area contributed by atoms with E-state index in [0.29, 0.717) is 17.2 Å². The van der Waals surface area contributed by atoms with E-state index in [0.717, 1.165) is 4.57 Å². The number of nitrogens with one attached hydrogen (secondary N) is 1. The number of carbonyl (C=O) groups excluding carboxylic acids is 1. The Morgan fingerprint density at radius 1 is 1.07 bits per heavy atom. The number of aryl methyl sites for hydroxylation is 1. The molecule has 0 atom stereocenters. The van der Waals surface area contributed by atoms with E-state index >= 15 is 0 Å². The van der Waals surface area contributed by atoms with E-state index in [-0.39, 0.29) is 16.8 Å². The molecule has 0 aliphatic rings. The summed E-state index contributed by atoms with van der Waals surface area (Å²) in [7, 11) is 5.83. The molecule has 2 heterocycles. The maximum absolute atomic E-state index is 12.9. The first-order valence-corrected chi connectivity index (χ1v) is 8.55. The lowest BCUT2D eigenvalue weighted by molar-refractivity contribution is -0.116. The van der Waals surface area contributed by atoms with Crippen molar-refractivity contribution >= 4 is 22.6 Å². The molecule has 0 unspecified atom stereocenters. The Kier molecular flexibility index (Phi) is 5.53. The van der Waals surface area contributed by atoms with Crippen LogP contribution >= 0.6 is 0 Å². The van der Waals surface area contributed by atoms with Gasteiger partial charge in [-0.2, -0.15) is 0 Å². The minimum atomic E-state index is -0.670. The fourth-order valence-electron chi connectivity index (χ4n) is 2.94. The minimum absolute atomic E-state index is 0.115. The topological polar surface area (TPSA) is 114 Å². The summed E-state index contributed by atoms with van der Waals surface area (Å²) in [5.74, 6) is 0.594. The van der Waals surface area contributed by atoms with Gasteiger partial charge in [0, 0.05) is 19.3 Å². The van der Waals surface area contributed by atoms with Crippen molar-refractivity contribution in [1.82, 2.24) is 14.1 Å². The first-order valence-electron chi connectivity index (χ1n) is 8.55. The number of hydrogen-bond acceptors (Lipinski definition) is 7. The summed E-state index contributed by atoms with van der Waals surface area (Å²) in [5.41, 5.74) is -0.816. The number of methoxy groups -OCH3 is 3. The number of anilines is 1. The third-order valence-electron chi connectivity index (χ3n) is 4.39. The van der Waals surface area contributed by atoms with Gasteiger partial charge in [-0.1, -0.05) is 0 Å². The van der Waals surface area contributed by atoms with Crippen LogP contribution in [-0.2, 0) is 18.4 Å². The number of ether oxygens (including phenoxy) is 3. The van der Waals surface area contributed by atoms with Gasteiger partial charge in [-0.25, -0.2) is 14.3 Å². The number of aromatic nitrogens is 3. The summed E-state index contributed by atoms with van der Waals surface area (Å²) in [6, 6.07) is 6.40. The van der Waals surface area contributed by atoms with Crippen LogP contribution in [0.3, 0.4) is 0 Å². The van der Waals surface area contributed by atoms with Gasteiger partial charge in [0.2, 0.25) is 5.91 Å². The van der Waals surface area contributed by atoms with E-state index in [9.17, 15) is 14.4 Å². The normalized spacial score (nSPS) is 10.6. The zero-order valence-corrected chi connectivity index (χ0v) is 16.4. The highest BCUT2D eigenvalue weighted by Gasteiger charge is 2.18. The summed E-state index contributed by atoms with van der Waals surface area (Å²) < 4.78 is 17.6. The van der Waals surface area contributed by atoms with Gasteiger partial charge in [0.15, 0.2) is 5.65 Å². The summed E-state index contributed by atoms with van der Waals surface area (Å²) >= 11 is 0. The van der Waals surface area contributed by atoms with Gasteiger partial charge in [0.1, 0.15) is 29.2 Å². The van der Waals surface area contributed by atoms with Crippen molar-refractivity contribution in [2.75, 3.05) is 26.6 Å². The lowest BCUT2D eigenvalue weighted by atomic mass is 10.2. The lowest BCUT2D eigenvalue weighted by Gasteiger charge is -2.14. The van der Waals surface area contributed by atoms with E-state index in [2.05, 4.69) is 10.3 Å². The lowest BCUT2D eigenvalue weighted by Crippen LogP contribution is -2.42. The molecule has 0 aliphatic heterocycles. The summed E-state index contributed by atoms with van der Waals surface area (Å²) in [4.78, 5) is 42.2. The molecule has 0 saturated carbocycles. The standard InChI is InChI=1S/C19H20N4O6/c1-22-17-16(14(29-4)7-8-20-17)18(25)23(19(22)26)10-15(24)21-12-9-11(27-2)5-6-13(12)28-3/h5-9H,10H2,1-4H3,(H,21,24). The van der Waals surface area contributed by atoms with Gasteiger partial charge in [-0.05, 0) is 18.2 Å². The Morgan fingerprint density at radius 3 is 2.45 bits per heavy atom. The quantitative estimate of drug-likeness (QED) is 0.650. The first-order chi connectivity index (χ1) is 13.9. The van der Waals surface area contributed by atoms with Gasteiger partial charge in [0.05, 0.1) is 27.0 Å². The van der Waals surface area contributed by atoms with Crippen molar-refractivity contribution in [3.8, 4) is 17.2 Å². The van der Waals surface area contributed by atoms with Gasteiger partial charge in [-0.3, -0.25) is 14.2 Å². The van der Waals surface area contributed by atoms with Gasteiger partial charge < -0.3 is 19.5 Å². The predicted octanol–water partition coefficient (Wildman–Crippen LogP) is 0.760. The highest BCUT2D eigenvalue weighted by Crippen LogP contribution is 2.28. The van der Waals surface area contributed by atoms with E-state index < -0.39 is 23.7 Å². The van der Waals surface area contributed by atoms with E-state index in [1.807, 2.05) is 0 Å². The van der Waals surface area contributed by atoms with Crippen LogP contribution in [0.4, 0.5) is 5.69 Å². The average Bonchev–Trinajstić information content (AvgIpc) is 2.74. The van der Waals surface area contributed by atoms with Crippen LogP contribution in [0, 0.1) is 0 Å². The second-order valence-corrected chi connectivity index (χ2v) is 6.06. The second-order valence-electron chi connectivity index (χ2n) is 6.06. The van der Waals surface area contributed by atoms with Crippen molar-refractivity contribution in [1.29, 1.82) is 0 Å². The largest absolute Gasteiger partial charge is 0.497 e. The molecule has 0 bridgehead atoms. The van der Waals surface area contributed by atoms with Crippen LogP contribution in [0.5, 0.6) is 17.2 Å². The number of carbonyl (C=O) groups is 1. The third-order valence-corrected chi connectivity index (χ3v) is 4.39. The molecule has 0 aliphatic carbocycles. The van der Waals surface area contributed by atoms with Gasteiger partial charge >= 0.3 is 5.69 Å². The van der Waals surface area contributed by atoms with E-state index in [1.54, 1.807) is 18.2 Å². The molecular formula is C19H20N4O6. The zero-order chi connectivity index (χ0) is 21.1. The summed E-state index contributed by atoms with van der Waals surface area (Å²) in [6.45, 7) is -0.500. The molecule has 29 heavy (non-hydrogen) atoms. The second kappa shape index (κ2) is 8.05. The SMILES string of the molecule is COc1ccc(OC)c(NC(=O)Cn2c(=O)c3c(OC)ccnc3n(C)c2=O)c1. The number of nitrogens with zero attached hydrogens (tertiary/aromatic N) is 3. The number of benzene rings is 1. The molecule has 1 aromatic carbocycles. The Balaban J connectivity index is 2.02. The molecule has 0 spiro atoms. The van der Waals surface area contributed by atoms with Crippen LogP contribution in [0.15, 0.2) is 40.1 Å². The number of amides is 1. The molecule has 3 rings (SSSR count). The third kappa shape index (κ3) is 3.64. The van der Waals surface area contributed by atoms with Crippen LogP contribution in [0.1, 0.15) is 0 Å². The molecule has 0 fully saturated rings. The fraction of sp³-hybridized carbons (Fsp3) is 0.263. The molecule has 0 saturated heterocycles. The number of hydrogen-bond donors (Lipinski definition) is 1. The molecule has 0 radical (unpaired) electrons. The van der Waals surface area contributed by atoms with Crippen molar-refractivity contribution in [3.05, 3.63) is 51.3 Å². The summed E-state index contributed by atoms with van der Waals surface area (Å²) in [6.07, 6.45) is 1.44. The highest BCUT2D eigenvalue weighted by molar-refractivity contribution is 5.92. The van der Waals surface area contributed by atoms with Crippen molar-refractivity contribution in [2.24, 2.45) is 7.05 Å². The Morgan fingerprint density at radius 2 is 1.79 bits per heavy atom. The predicted molar refractivity (Wildman–Crippen MR) is 106 cm³/mol. The van der Waals surface area contributed by atoms with E-state index in [1.165, 1.54) is 45.2 Å². The summed E-state index contributed by atoms with van der Waals surface area (Å²) in [5, 5.41) is 2.75. The van der Waals surface area contributed by atoms with Crippen molar-refractivity contribution in [2.45, 2.75) is 6.54 Å². The fourth-order valence-corrected chi connectivity index (χ4v) is 2.94. The molecular weight excluding hydrogens is 380 g/mol. The van der Waals surface area contributed by atoms with Crippen LogP contribution in [0.25, 0.3) is 11.0 Å². The van der Waals surface area contributed by atoms with Crippen molar-refractivity contribution in [3.63, 3.8) is 0 Å². The minimum Gasteiger partial charge on any atom is -0.497 e. The number of pyridine rings is 1. The Bertz CT molecular complexity index is 1200. The maximum Gasteiger partial charge on any atom is 0.332 e. The van der Waals surface area contributed by atoms with Crippen LogP contribution < -0.4 is 30.8 Å². The Labute approximate surface area is 165 Å². The van der Waals surface area contributed by atoms with Crippen LogP contribution in [-0.4, -0.2) is 41.4 Å². The Hall–Kier alpha value is -3.82. The average molecular weight is 400 g/mol. The van der Waals surface area contributed by atoms with E-state index in [4.69, 9.17) is 14.2 Å². The molecule has 1 amide bonds. The molecule has 1 N–H and O–H groups in total. The van der Waals surface area contributed by atoms with Gasteiger partial charge in [0.25, 0.3) is 5.56 Å². The number of rotatable bonds is 6. The first kappa shape index (κ1) is 19.9. The highest BCUT2D eigenvalue weighted by atomic mass is 16.5. The van der Waals surface area contributed by atoms with Gasteiger partial charge in [-0.15, -0.1) is 0 Å². The molecule has 2 aromatic heterocycles. The molecule has 3 aromatic rings. The smallest absolute Gasteiger partial charge is 0.332 e. The van der Waals surface area contributed by atoms with Crippen molar-refractivity contribution < 1.29 is 19.0 Å².